The summed E-state index contributed by atoms with van der Waals surface area (Å²) >= 11 is 0. The van der Waals surface area contributed by atoms with E-state index in [1.807, 2.05) is 19.3 Å². The van der Waals surface area contributed by atoms with Gasteiger partial charge in [-0.15, -0.1) is 0 Å². The third-order valence-corrected chi connectivity index (χ3v) is 6.59. The van der Waals surface area contributed by atoms with E-state index in [0.29, 0.717) is 18.0 Å². The first-order valence-electron chi connectivity index (χ1n) is 9.58. The highest BCUT2D eigenvalue weighted by Gasteiger charge is 2.43. The maximum absolute atomic E-state index is 6.41. The molecule has 1 atom stereocenters. The first-order valence-corrected chi connectivity index (χ1v) is 9.58. The van der Waals surface area contributed by atoms with Gasteiger partial charge in [-0.2, -0.15) is 5.10 Å². The minimum absolute atomic E-state index is 0.371. The molecule has 7 nitrogen and oxygen atoms in total. The highest BCUT2D eigenvalue weighted by atomic mass is 15.2. The number of aromatic amines is 1. The molecule has 1 saturated heterocycles. The van der Waals surface area contributed by atoms with Crippen LogP contribution in [0.15, 0.2) is 17.4 Å². The number of hydrogen-bond donors (Lipinski definition) is 2. The maximum atomic E-state index is 6.41. The number of fused-ring (bicyclic) bond motifs is 1. The molecule has 3 aliphatic rings. The highest BCUT2D eigenvalue weighted by molar-refractivity contribution is 6.14. The molecule has 2 fully saturated rings. The molecule has 0 amide bonds. The summed E-state index contributed by atoms with van der Waals surface area (Å²) in [5.74, 6) is 0.977. The molecule has 26 heavy (non-hydrogen) atoms. The van der Waals surface area contributed by atoms with Gasteiger partial charge in [0.05, 0.1) is 30.3 Å². The average molecular weight is 351 g/mol. The molecule has 2 aliphatic heterocycles. The van der Waals surface area contributed by atoms with Crippen LogP contribution in [0.1, 0.15) is 54.7 Å². The van der Waals surface area contributed by atoms with Gasteiger partial charge in [-0.25, -0.2) is 9.97 Å². The standard InChI is InChI=1S/C19H25N7/c1-12-13(9-23-25-12)17-18-14(10-21-17)24-16(11-22-18)26-7-5-19(6-8-26)4-2-3-15(19)20/h9,11,15H,2-8,10,20H2,1H3,(H,23,25)/t15-/m1/s1. The Labute approximate surface area is 153 Å². The molecule has 0 bridgehead atoms. The van der Waals surface area contributed by atoms with E-state index in [2.05, 4.69) is 20.1 Å². The lowest BCUT2D eigenvalue weighted by Gasteiger charge is -2.42. The number of H-pyrrole nitrogens is 1. The second kappa shape index (κ2) is 5.87. The zero-order valence-corrected chi connectivity index (χ0v) is 15.2. The quantitative estimate of drug-likeness (QED) is 0.862. The molecule has 1 saturated carbocycles. The first kappa shape index (κ1) is 15.9. The Kier molecular flexibility index (Phi) is 3.60. The smallest absolute Gasteiger partial charge is 0.147 e. The molecule has 0 unspecified atom stereocenters. The fourth-order valence-corrected chi connectivity index (χ4v) is 4.88. The van der Waals surface area contributed by atoms with E-state index < -0.39 is 0 Å². The Morgan fingerprint density at radius 3 is 2.77 bits per heavy atom. The average Bonchev–Trinajstić information content (AvgIpc) is 3.35. The third-order valence-electron chi connectivity index (χ3n) is 6.59. The summed E-state index contributed by atoms with van der Waals surface area (Å²) in [4.78, 5) is 16.6. The number of nitrogens with zero attached hydrogens (tertiary/aromatic N) is 5. The molecular formula is C19H25N7. The van der Waals surface area contributed by atoms with Gasteiger partial charge in [-0.3, -0.25) is 10.1 Å². The van der Waals surface area contributed by atoms with Crippen LogP contribution in [0.3, 0.4) is 0 Å². The lowest BCUT2D eigenvalue weighted by molar-refractivity contribution is 0.197. The van der Waals surface area contributed by atoms with Crippen molar-refractivity contribution in [3.8, 4) is 0 Å². The minimum Gasteiger partial charge on any atom is -0.355 e. The van der Waals surface area contributed by atoms with Crippen LogP contribution in [0.2, 0.25) is 0 Å². The van der Waals surface area contributed by atoms with E-state index in [9.17, 15) is 0 Å². The van der Waals surface area contributed by atoms with Gasteiger partial charge in [-0.1, -0.05) is 6.42 Å². The fraction of sp³-hybridized carbons (Fsp3) is 0.579. The summed E-state index contributed by atoms with van der Waals surface area (Å²) in [7, 11) is 0. The molecule has 3 N–H and O–H groups in total. The van der Waals surface area contributed by atoms with E-state index in [1.54, 1.807) is 0 Å². The van der Waals surface area contributed by atoms with E-state index in [4.69, 9.17) is 15.7 Å². The molecule has 136 valence electrons. The Hall–Kier alpha value is -2.28. The van der Waals surface area contributed by atoms with Crippen molar-refractivity contribution >= 4 is 11.5 Å². The van der Waals surface area contributed by atoms with Crippen LogP contribution in [-0.2, 0) is 6.54 Å². The summed E-state index contributed by atoms with van der Waals surface area (Å²) < 4.78 is 0. The van der Waals surface area contributed by atoms with Crippen molar-refractivity contribution in [3.63, 3.8) is 0 Å². The van der Waals surface area contributed by atoms with Crippen molar-refractivity contribution in [2.45, 2.75) is 51.6 Å². The predicted octanol–water partition coefficient (Wildman–Crippen LogP) is 1.96. The van der Waals surface area contributed by atoms with Crippen molar-refractivity contribution in [2.75, 3.05) is 18.0 Å². The number of piperidine rings is 1. The van der Waals surface area contributed by atoms with Gasteiger partial charge in [0.25, 0.3) is 0 Å². The Morgan fingerprint density at radius 2 is 2.08 bits per heavy atom. The van der Waals surface area contributed by atoms with E-state index in [-0.39, 0.29) is 0 Å². The van der Waals surface area contributed by atoms with Gasteiger partial charge in [0.1, 0.15) is 11.5 Å². The first-order chi connectivity index (χ1) is 12.7. The van der Waals surface area contributed by atoms with Crippen LogP contribution in [0.25, 0.3) is 0 Å². The van der Waals surface area contributed by atoms with Gasteiger partial charge >= 0.3 is 0 Å². The molecule has 0 aromatic carbocycles. The maximum Gasteiger partial charge on any atom is 0.147 e. The van der Waals surface area contributed by atoms with E-state index >= 15 is 0 Å². The Morgan fingerprint density at radius 1 is 1.23 bits per heavy atom. The third kappa shape index (κ3) is 2.37. The lowest BCUT2D eigenvalue weighted by Crippen LogP contribution is -2.47. The van der Waals surface area contributed by atoms with Crippen molar-refractivity contribution in [1.29, 1.82) is 0 Å². The highest BCUT2D eigenvalue weighted by Crippen LogP contribution is 2.45. The lowest BCUT2D eigenvalue weighted by atomic mass is 9.74. The number of aryl methyl sites for hydroxylation is 1. The fourth-order valence-electron chi connectivity index (χ4n) is 4.88. The number of aromatic nitrogens is 4. The zero-order valence-electron chi connectivity index (χ0n) is 15.2. The summed E-state index contributed by atoms with van der Waals surface area (Å²) in [6.07, 6.45) is 9.82. The summed E-state index contributed by atoms with van der Waals surface area (Å²) in [6, 6.07) is 0.380. The Bertz CT molecular complexity index is 861. The minimum atomic E-state index is 0.371. The number of aliphatic imine (C=N–C) groups is 1. The predicted molar refractivity (Wildman–Crippen MR) is 100 cm³/mol. The number of nitrogens with one attached hydrogen (secondary N) is 1. The second-order valence-corrected chi connectivity index (χ2v) is 7.95. The molecular weight excluding hydrogens is 326 g/mol. The largest absolute Gasteiger partial charge is 0.355 e. The normalized spacial score (nSPS) is 24.2. The van der Waals surface area contributed by atoms with E-state index in [0.717, 1.165) is 47.3 Å². The van der Waals surface area contributed by atoms with Crippen molar-refractivity contribution in [2.24, 2.45) is 16.1 Å². The second-order valence-electron chi connectivity index (χ2n) is 7.95. The molecule has 5 rings (SSSR count). The van der Waals surface area contributed by atoms with Gasteiger partial charge in [0.2, 0.25) is 0 Å². The molecule has 2 aromatic heterocycles. The van der Waals surface area contributed by atoms with Crippen molar-refractivity contribution in [1.82, 2.24) is 20.2 Å². The summed E-state index contributed by atoms with van der Waals surface area (Å²) in [5, 5.41) is 7.07. The number of anilines is 1. The zero-order chi connectivity index (χ0) is 17.7. The van der Waals surface area contributed by atoms with Gasteiger partial charge < -0.3 is 10.6 Å². The van der Waals surface area contributed by atoms with Crippen LogP contribution in [0, 0.1) is 12.3 Å². The van der Waals surface area contributed by atoms with Crippen LogP contribution >= 0.6 is 0 Å². The Balaban J connectivity index is 1.35. The molecule has 0 radical (unpaired) electrons. The molecule has 1 aliphatic carbocycles. The molecule has 1 spiro atoms. The molecule has 2 aromatic rings. The van der Waals surface area contributed by atoms with Crippen LogP contribution in [0.4, 0.5) is 5.82 Å². The van der Waals surface area contributed by atoms with Crippen LogP contribution in [-0.4, -0.2) is 45.0 Å². The van der Waals surface area contributed by atoms with Crippen LogP contribution in [0.5, 0.6) is 0 Å². The summed E-state index contributed by atoms with van der Waals surface area (Å²) in [6.45, 7) is 4.64. The van der Waals surface area contributed by atoms with Crippen molar-refractivity contribution < 1.29 is 0 Å². The van der Waals surface area contributed by atoms with E-state index in [1.165, 1.54) is 32.1 Å². The monoisotopic (exact) mass is 351 g/mol. The number of hydrogen-bond acceptors (Lipinski definition) is 6. The molecule has 7 heteroatoms. The topological polar surface area (TPSA) is 96.1 Å². The SMILES string of the molecule is Cc1[nH]ncc1C1=NCc2nc(N3CCC4(CCC[C@H]4N)CC3)cnc21. The van der Waals surface area contributed by atoms with Gasteiger partial charge in [0.15, 0.2) is 0 Å². The van der Waals surface area contributed by atoms with Gasteiger partial charge in [-0.05, 0) is 38.0 Å². The number of nitrogens with two attached hydrogens (primary N) is 1. The van der Waals surface area contributed by atoms with Crippen LogP contribution < -0.4 is 10.6 Å². The van der Waals surface area contributed by atoms with Gasteiger partial charge in [0, 0.05) is 30.4 Å². The number of rotatable bonds is 2. The summed E-state index contributed by atoms with van der Waals surface area (Å²) in [5.41, 5.74) is 11.6. The van der Waals surface area contributed by atoms with Crippen molar-refractivity contribution in [3.05, 3.63) is 35.0 Å². The molecule has 4 heterocycles.